The SMILES string of the molecule is COc1ccc2nc(N(Cc3cccnc3)C(=O)c3ccc(S(=O)(=O)N(CCC#N)CCC#N)cc3)sc2c1. The molecule has 0 aliphatic carbocycles. The van der Waals surface area contributed by atoms with Gasteiger partial charge in [0.05, 0.1) is 40.9 Å². The van der Waals surface area contributed by atoms with Crippen LogP contribution in [-0.4, -0.2) is 48.8 Å². The van der Waals surface area contributed by atoms with Crippen LogP contribution in [0.2, 0.25) is 0 Å². The summed E-state index contributed by atoms with van der Waals surface area (Å²) in [6, 6.07) is 18.6. The third-order valence-corrected chi connectivity index (χ3v) is 8.76. The number of anilines is 1. The highest BCUT2D eigenvalue weighted by Crippen LogP contribution is 2.33. The van der Waals surface area contributed by atoms with Crippen LogP contribution >= 0.6 is 11.3 Å². The van der Waals surface area contributed by atoms with Gasteiger partial charge in [0.2, 0.25) is 10.0 Å². The number of carbonyl (C=O) groups excluding carboxylic acids is 1. The minimum absolute atomic E-state index is 0.00142. The second-order valence-electron chi connectivity index (χ2n) is 8.33. The lowest BCUT2D eigenvalue weighted by Gasteiger charge is -2.21. The molecule has 1 amide bonds. The van der Waals surface area contributed by atoms with Gasteiger partial charge in [0.15, 0.2) is 5.13 Å². The van der Waals surface area contributed by atoms with E-state index in [2.05, 4.69) is 9.97 Å². The third kappa shape index (κ3) is 6.38. The number of nitriles is 2. The number of nitrogens with zero attached hydrogens (tertiary/aromatic N) is 6. The van der Waals surface area contributed by atoms with Crippen LogP contribution < -0.4 is 9.64 Å². The maximum Gasteiger partial charge on any atom is 0.260 e. The maximum absolute atomic E-state index is 13.7. The largest absolute Gasteiger partial charge is 0.497 e. The van der Waals surface area contributed by atoms with Crippen LogP contribution in [0, 0.1) is 22.7 Å². The summed E-state index contributed by atoms with van der Waals surface area (Å²) in [5.41, 5.74) is 1.79. The number of amides is 1. The van der Waals surface area contributed by atoms with Crippen LogP contribution in [0.5, 0.6) is 5.75 Å². The van der Waals surface area contributed by atoms with Gasteiger partial charge in [-0.15, -0.1) is 0 Å². The first-order valence-corrected chi connectivity index (χ1v) is 14.1. The lowest BCUT2D eigenvalue weighted by Crippen LogP contribution is -2.33. The summed E-state index contributed by atoms with van der Waals surface area (Å²) >= 11 is 1.34. The Bertz CT molecular complexity index is 1620. The number of sulfonamides is 1. The van der Waals surface area contributed by atoms with E-state index in [1.165, 1.54) is 40.5 Å². The minimum atomic E-state index is -3.96. The standard InChI is InChI=1S/C27H24N6O4S2/c1-37-22-8-11-24-25(17-22)38-27(31-24)33(19-20-5-2-14-30-18-20)26(34)21-6-9-23(10-7-21)39(35,36)32(15-3-12-28)16-4-13-29/h2,5-11,14,17-18H,3-4,15-16,19H2,1H3. The van der Waals surface area contributed by atoms with Gasteiger partial charge in [-0.2, -0.15) is 14.8 Å². The van der Waals surface area contributed by atoms with E-state index in [0.717, 1.165) is 20.1 Å². The van der Waals surface area contributed by atoms with Gasteiger partial charge in [-0.1, -0.05) is 17.4 Å². The van der Waals surface area contributed by atoms with Crippen LogP contribution in [0.15, 0.2) is 71.9 Å². The summed E-state index contributed by atoms with van der Waals surface area (Å²) in [6.45, 7) is 0.157. The van der Waals surface area contributed by atoms with Crippen molar-refractivity contribution in [3.8, 4) is 17.9 Å². The summed E-state index contributed by atoms with van der Waals surface area (Å²) < 4.78 is 33.6. The lowest BCUT2D eigenvalue weighted by atomic mass is 10.2. The Balaban J connectivity index is 1.66. The molecule has 0 aliphatic heterocycles. The average Bonchev–Trinajstić information content (AvgIpc) is 3.39. The Kier molecular flexibility index (Phi) is 8.84. The number of benzene rings is 2. The lowest BCUT2D eigenvalue weighted by molar-refractivity contribution is 0.0985. The van der Waals surface area contributed by atoms with Crippen molar-refractivity contribution in [2.45, 2.75) is 24.3 Å². The van der Waals surface area contributed by atoms with Crippen LogP contribution in [0.4, 0.5) is 5.13 Å². The quantitative estimate of drug-likeness (QED) is 0.263. The molecule has 0 saturated carbocycles. The Morgan fingerprint density at radius 3 is 2.38 bits per heavy atom. The van der Waals surface area contributed by atoms with Crippen molar-refractivity contribution >= 4 is 42.6 Å². The van der Waals surface area contributed by atoms with E-state index in [-0.39, 0.29) is 48.8 Å². The predicted octanol–water partition coefficient (Wildman–Crippen LogP) is 4.36. The molecule has 0 unspecified atom stereocenters. The second-order valence-corrected chi connectivity index (χ2v) is 11.3. The fourth-order valence-electron chi connectivity index (χ4n) is 3.81. The third-order valence-electron chi connectivity index (χ3n) is 5.81. The fourth-order valence-corrected chi connectivity index (χ4v) is 6.24. The molecule has 0 radical (unpaired) electrons. The number of methoxy groups -OCH3 is 1. The van der Waals surface area contributed by atoms with Crippen molar-refractivity contribution in [1.82, 2.24) is 14.3 Å². The molecule has 4 aromatic rings. The molecule has 0 N–H and O–H groups in total. The number of ether oxygens (including phenoxy) is 1. The number of hydrogen-bond donors (Lipinski definition) is 0. The van der Waals surface area contributed by atoms with Crippen molar-refractivity contribution in [1.29, 1.82) is 10.5 Å². The van der Waals surface area contributed by atoms with Crippen LogP contribution in [0.25, 0.3) is 10.2 Å². The number of fused-ring (bicyclic) bond motifs is 1. The zero-order valence-electron chi connectivity index (χ0n) is 21.0. The summed E-state index contributed by atoms with van der Waals surface area (Å²) in [6.07, 6.45) is 3.32. The van der Waals surface area contributed by atoms with Gasteiger partial charge in [-0.3, -0.25) is 14.7 Å². The van der Waals surface area contributed by atoms with Gasteiger partial charge in [0.1, 0.15) is 5.75 Å². The molecule has 2 aromatic heterocycles. The second kappa shape index (κ2) is 12.5. The maximum atomic E-state index is 13.7. The van der Waals surface area contributed by atoms with E-state index in [1.807, 2.05) is 30.3 Å². The van der Waals surface area contributed by atoms with Gasteiger partial charge in [-0.25, -0.2) is 13.4 Å². The zero-order chi connectivity index (χ0) is 27.8. The first-order valence-electron chi connectivity index (χ1n) is 11.9. The smallest absolute Gasteiger partial charge is 0.260 e. The number of hydrogen-bond acceptors (Lipinski definition) is 9. The van der Waals surface area contributed by atoms with Gasteiger partial charge in [0, 0.05) is 43.9 Å². The molecule has 12 heteroatoms. The molecule has 39 heavy (non-hydrogen) atoms. The predicted molar refractivity (Wildman–Crippen MR) is 147 cm³/mol. The molecular formula is C27H24N6O4S2. The van der Waals surface area contributed by atoms with Crippen molar-refractivity contribution in [3.05, 3.63) is 78.1 Å². The van der Waals surface area contributed by atoms with Crippen molar-refractivity contribution < 1.29 is 17.9 Å². The summed E-state index contributed by atoms with van der Waals surface area (Å²) in [5, 5.41) is 18.3. The Morgan fingerprint density at radius 2 is 1.77 bits per heavy atom. The Labute approximate surface area is 230 Å². The first-order chi connectivity index (χ1) is 18.9. The van der Waals surface area contributed by atoms with Gasteiger partial charge in [0.25, 0.3) is 5.91 Å². The molecule has 0 saturated heterocycles. The number of rotatable bonds is 11. The van der Waals surface area contributed by atoms with Crippen LogP contribution in [0.1, 0.15) is 28.8 Å². The van der Waals surface area contributed by atoms with Crippen molar-refractivity contribution in [2.24, 2.45) is 0 Å². The molecule has 4 rings (SSSR count). The molecule has 0 bridgehead atoms. The first kappa shape index (κ1) is 27.7. The van der Waals surface area contributed by atoms with Crippen LogP contribution in [-0.2, 0) is 16.6 Å². The zero-order valence-corrected chi connectivity index (χ0v) is 22.7. The van der Waals surface area contributed by atoms with Crippen molar-refractivity contribution in [3.63, 3.8) is 0 Å². The molecule has 0 spiro atoms. The summed E-state index contributed by atoms with van der Waals surface area (Å²) in [4.78, 5) is 24.1. The minimum Gasteiger partial charge on any atom is -0.497 e. The molecular weight excluding hydrogens is 536 g/mol. The molecule has 0 fully saturated rings. The monoisotopic (exact) mass is 560 g/mol. The molecule has 10 nitrogen and oxygen atoms in total. The number of pyridine rings is 1. The highest BCUT2D eigenvalue weighted by Gasteiger charge is 2.26. The van der Waals surface area contributed by atoms with E-state index in [9.17, 15) is 13.2 Å². The number of aromatic nitrogens is 2. The average molecular weight is 561 g/mol. The van der Waals surface area contributed by atoms with Crippen LogP contribution in [0.3, 0.4) is 0 Å². The Hall–Kier alpha value is -4.36. The summed E-state index contributed by atoms with van der Waals surface area (Å²) in [5.74, 6) is 0.317. The number of thiazole rings is 1. The van der Waals surface area contributed by atoms with E-state index in [1.54, 1.807) is 31.6 Å². The van der Waals surface area contributed by atoms with E-state index >= 15 is 0 Å². The molecule has 198 valence electrons. The topological polar surface area (TPSA) is 140 Å². The van der Waals surface area contributed by atoms with E-state index in [4.69, 9.17) is 15.3 Å². The van der Waals surface area contributed by atoms with E-state index in [0.29, 0.717) is 10.9 Å². The number of carbonyl (C=O) groups is 1. The fraction of sp³-hybridized carbons (Fsp3) is 0.222. The molecule has 0 atom stereocenters. The normalized spacial score (nSPS) is 11.2. The molecule has 2 aromatic carbocycles. The summed E-state index contributed by atoms with van der Waals surface area (Å²) in [7, 11) is -2.38. The molecule has 2 heterocycles. The molecule has 0 aliphatic rings. The van der Waals surface area contributed by atoms with Gasteiger partial charge >= 0.3 is 0 Å². The Morgan fingerprint density at radius 1 is 1.05 bits per heavy atom. The van der Waals surface area contributed by atoms with Gasteiger partial charge in [-0.05, 0) is 54.1 Å². The highest BCUT2D eigenvalue weighted by atomic mass is 32.2. The van der Waals surface area contributed by atoms with Gasteiger partial charge < -0.3 is 4.74 Å². The highest BCUT2D eigenvalue weighted by molar-refractivity contribution is 7.89. The van der Waals surface area contributed by atoms with E-state index < -0.39 is 10.0 Å². The van der Waals surface area contributed by atoms with Crippen molar-refractivity contribution in [2.75, 3.05) is 25.1 Å².